The van der Waals surface area contributed by atoms with E-state index in [2.05, 4.69) is 10.6 Å². The molecular formula is C25H27N3O5. The highest BCUT2D eigenvalue weighted by atomic mass is 16.5. The number of nitrogens with zero attached hydrogens (tertiary/aromatic N) is 1. The molecule has 3 heterocycles. The Bertz CT molecular complexity index is 1160. The van der Waals surface area contributed by atoms with Gasteiger partial charge in [0, 0.05) is 24.4 Å². The third-order valence-corrected chi connectivity index (χ3v) is 7.17. The summed E-state index contributed by atoms with van der Waals surface area (Å²) in [5.41, 5.74) is 2.92. The quantitative estimate of drug-likeness (QED) is 0.599. The number of amides is 3. The van der Waals surface area contributed by atoms with Crippen molar-refractivity contribution in [3.8, 4) is 5.75 Å². The normalized spacial score (nSPS) is 27.9. The van der Waals surface area contributed by atoms with Gasteiger partial charge in [-0.15, -0.1) is 0 Å². The molecule has 33 heavy (non-hydrogen) atoms. The van der Waals surface area contributed by atoms with E-state index in [1.807, 2.05) is 26.0 Å². The van der Waals surface area contributed by atoms with Gasteiger partial charge in [-0.3, -0.25) is 24.6 Å². The van der Waals surface area contributed by atoms with Gasteiger partial charge in [-0.2, -0.15) is 0 Å². The number of aryl methyl sites for hydroxylation is 2. The molecule has 1 spiro atoms. The number of benzene rings is 2. The first-order chi connectivity index (χ1) is 15.8. The number of fused-ring (bicyclic) bond motifs is 4. The predicted molar refractivity (Wildman–Crippen MR) is 121 cm³/mol. The second kappa shape index (κ2) is 7.67. The van der Waals surface area contributed by atoms with Crippen molar-refractivity contribution in [2.45, 2.75) is 31.8 Å². The number of nitrogens with one attached hydrogen (secondary N) is 2. The van der Waals surface area contributed by atoms with Crippen molar-refractivity contribution in [3.63, 3.8) is 0 Å². The van der Waals surface area contributed by atoms with Gasteiger partial charge >= 0.3 is 0 Å². The third kappa shape index (κ3) is 3.08. The number of anilines is 1. The van der Waals surface area contributed by atoms with Gasteiger partial charge in [0.25, 0.3) is 0 Å². The SMILES string of the molecule is COCCN1C(=O)C2C(Cc3ccc(O)cc3)NC3(C(=O)Nc4c(C)cc(C)cc43)C2C1=O. The number of rotatable bonds is 5. The summed E-state index contributed by atoms with van der Waals surface area (Å²) in [6.45, 7) is 4.28. The maximum Gasteiger partial charge on any atom is 0.250 e. The van der Waals surface area contributed by atoms with E-state index < -0.39 is 23.4 Å². The van der Waals surface area contributed by atoms with E-state index in [9.17, 15) is 19.5 Å². The van der Waals surface area contributed by atoms with Crippen LogP contribution in [0.25, 0.3) is 0 Å². The summed E-state index contributed by atoms with van der Waals surface area (Å²) in [7, 11) is 1.52. The van der Waals surface area contributed by atoms with Gasteiger partial charge in [0.05, 0.1) is 25.0 Å². The number of carbonyl (C=O) groups is 3. The van der Waals surface area contributed by atoms with E-state index in [4.69, 9.17) is 4.74 Å². The minimum Gasteiger partial charge on any atom is -0.508 e. The third-order valence-electron chi connectivity index (χ3n) is 7.17. The van der Waals surface area contributed by atoms with Crippen LogP contribution in [0, 0.1) is 25.7 Å². The molecule has 4 unspecified atom stereocenters. The Hall–Kier alpha value is -3.23. The monoisotopic (exact) mass is 449 g/mol. The molecule has 4 atom stereocenters. The zero-order valence-electron chi connectivity index (χ0n) is 18.8. The fourth-order valence-corrected chi connectivity index (χ4v) is 5.78. The van der Waals surface area contributed by atoms with Gasteiger partial charge in [0.2, 0.25) is 17.7 Å². The largest absolute Gasteiger partial charge is 0.508 e. The van der Waals surface area contributed by atoms with E-state index in [-0.39, 0.29) is 36.6 Å². The lowest BCUT2D eigenvalue weighted by molar-refractivity contribution is -0.143. The number of imide groups is 1. The number of ether oxygens (including phenoxy) is 1. The van der Waals surface area contributed by atoms with Crippen LogP contribution in [-0.2, 0) is 31.1 Å². The maximum atomic E-state index is 13.6. The maximum absolute atomic E-state index is 13.6. The average Bonchev–Trinajstić information content (AvgIpc) is 3.34. The molecule has 8 heteroatoms. The molecule has 0 saturated carbocycles. The van der Waals surface area contributed by atoms with Crippen molar-refractivity contribution in [1.29, 1.82) is 0 Å². The number of phenolic OH excluding ortho intramolecular Hbond substituents is 1. The minimum absolute atomic E-state index is 0.153. The zero-order chi connectivity index (χ0) is 23.5. The highest BCUT2D eigenvalue weighted by Gasteiger charge is 2.70. The van der Waals surface area contributed by atoms with Gasteiger partial charge in [0.15, 0.2) is 0 Å². The number of carbonyl (C=O) groups excluding carboxylic acids is 3. The number of methoxy groups -OCH3 is 1. The number of phenols is 1. The highest BCUT2D eigenvalue weighted by molar-refractivity contribution is 6.15. The van der Waals surface area contributed by atoms with Crippen molar-refractivity contribution >= 4 is 23.4 Å². The van der Waals surface area contributed by atoms with Crippen LogP contribution in [-0.4, -0.2) is 54.0 Å². The highest BCUT2D eigenvalue weighted by Crippen LogP contribution is 2.54. The van der Waals surface area contributed by atoms with E-state index >= 15 is 0 Å². The van der Waals surface area contributed by atoms with Crippen molar-refractivity contribution < 1.29 is 24.2 Å². The van der Waals surface area contributed by atoms with Crippen LogP contribution in [0.4, 0.5) is 5.69 Å². The summed E-state index contributed by atoms with van der Waals surface area (Å²) < 4.78 is 5.12. The summed E-state index contributed by atoms with van der Waals surface area (Å²) in [6.07, 6.45) is 0.438. The molecule has 3 aliphatic rings. The zero-order valence-corrected chi connectivity index (χ0v) is 18.8. The van der Waals surface area contributed by atoms with E-state index in [0.29, 0.717) is 12.1 Å². The summed E-state index contributed by atoms with van der Waals surface area (Å²) in [6, 6.07) is 10.3. The average molecular weight is 450 g/mol. The van der Waals surface area contributed by atoms with Crippen molar-refractivity contribution in [1.82, 2.24) is 10.2 Å². The lowest BCUT2D eigenvalue weighted by atomic mass is 9.75. The Morgan fingerprint density at radius 2 is 1.82 bits per heavy atom. The Labute approximate surface area is 191 Å². The molecule has 8 nitrogen and oxygen atoms in total. The molecule has 0 aromatic heterocycles. The van der Waals surface area contributed by atoms with Crippen LogP contribution in [0.5, 0.6) is 5.75 Å². The molecular weight excluding hydrogens is 422 g/mol. The van der Waals surface area contributed by atoms with Crippen LogP contribution in [0.2, 0.25) is 0 Å². The summed E-state index contributed by atoms with van der Waals surface area (Å²) in [4.78, 5) is 41.9. The molecule has 3 aliphatic heterocycles. The second-order valence-electron chi connectivity index (χ2n) is 9.21. The first-order valence-electron chi connectivity index (χ1n) is 11.1. The van der Waals surface area contributed by atoms with Gasteiger partial charge in [-0.1, -0.05) is 29.8 Å². The topological polar surface area (TPSA) is 108 Å². The molecule has 0 radical (unpaired) electrons. The van der Waals surface area contributed by atoms with Crippen LogP contribution in [0.1, 0.15) is 22.3 Å². The summed E-state index contributed by atoms with van der Waals surface area (Å²) >= 11 is 0. The van der Waals surface area contributed by atoms with E-state index in [1.165, 1.54) is 12.0 Å². The van der Waals surface area contributed by atoms with E-state index in [1.54, 1.807) is 24.3 Å². The standard InChI is InChI=1S/C25H27N3O5/c1-13-10-14(2)21-17(11-13)25(24(32)26-21)20-19(22(30)28(23(20)31)8-9-33-3)18(27-25)12-15-4-6-16(29)7-5-15/h4-7,10-11,18-20,27,29H,8-9,12H2,1-3H3,(H,26,32). The van der Waals surface area contributed by atoms with Crippen LogP contribution in [0.3, 0.4) is 0 Å². The Kier molecular flexibility index (Phi) is 5.02. The first-order valence-corrected chi connectivity index (χ1v) is 11.1. The number of likely N-dealkylation sites (tertiary alicyclic amines) is 1. The Morgan fingerprint density at radius 3 is 2.52 bits per heavy atom. The molecule has 2 fully saturated rings. The molecule has 3 N–H and O–H groups in total. The van der Waals surface area contributed by atoms with Gasteiger partial charge in [-0.25, -0.2) is 0 Å². The van der Waals surface area contributed by atoms with Crippen LogP contribution in [0.15, 0.2) is 36.4 Å². The minimum atomic E-state index is -1.31. The lowest BCUT2D eigenvalue weighted by Crippen LogP contribution is -2.53. The Morgan fingerprint density at radius 1 is 1.09 bits per heavy atom. The smallest absolute Gasteiger partial charge is 0.250 e. The van der Waals surface area contributed by atoms with Crippen molar-refractivity contribution in [2.24, 2.45) is 11.8 Å². The summed E-state index contributed by atoms with van der Waals surface area (Å²) in [5.74, 6) is -2.29. The molecule has 0 bridgehead atoms. The number of aromatic hydroxyl groups is 1. The molecule has 5 rings (SSSR count). The number of hydrogen-bond acceptors (Lipinski definition) is 6. The molecule has 2 aromatic carbocycles. The lowest BCUT2D eigenvalue weighted by Gasteiger charge is -2.30. The molecule has 2 saturated heterocycles. The first kappa shape index (κ1) is 21.6. The fourth-order valence-electron chi connectivity index (χ4n) is 5.78. The molecule has 172 valence electrons. The van der Waals surface area contributed by atoms with Crippen molar-refractivity contribution in [3.05, 3.63) is 58.7 Å². The molecule has 2 aromatic rings. The van der Waals surface area contributed by atoms with Gasteiger partial charge in [-0.05, 0) is 43.5 Å². The Balaban J connectivity index is 1.63. The second-order valence-corrected chi connectivity index (χ2v) is 9.21. The molecule has 3 amide bonds. The number of hydrogen-bond donors (Lipinski definition) is 3. The fraction of sp³-hybridized carbons (Fsp3) is 0.400. The van der Waals surface area contributed by atoms with Gasteiger partial charge < -0.3 is 15.2 Å². The van der Waals surface area contributed by atoms with Crippen LogP contribution >= 0.6 is 0 Å². The van der Waals surface area contributed by atoms with Crippen molar-refractivity contribution in [2.75, 3.05) is 25.6 Å². The van der Waals surface area contributed by atoms with Crippen LogP contribution < -0.4 is 10.6 Å². The predicted octanol–water partition coefficient (Wildman–Crippen LogP) is 1.62. The van der Waals surface area contributed by atoms with Gasteiger partial charge in [0.1, 0.15) is 11.3 Å². The molecule has 0 aliphatic carbocycles. The summed E-state index contributed by atoms with van der Waals surface area (Å²) in [5, 5.41) is 16.1. The van der Waals surface area contributed by atoms with E-state index in [0.717, 1.165) is 22.3 Å².